The Kier molecular flexibility index (Phi) is 4.33. The van der Waals surface area contributed by atoms with E-state index in [-0.39, 0.29) is 0 Å². The molecule has 0 aliphatic carbocycles. The molecule has 1 aliphatic heterocycles. The SMILES string of the molecule is CC1CN(C)CCN1CCC(C)(C)C(=O)O. The summed E-state index contributed by atoms with van der Waals surface area (Å²) < 4.78 is 0. The smallest absolute Gasteiger partial charge is 0.309 e. The molecular formula is C12H24N2O2. The number of aliphatic carboxylic acids is 1. The molecule has 94 valence electrons. The number of rotatable bonds is 4. The van der Waals surface area contributed by atoms with Gasteiger partial charge in [-0.25, -0.2) is 0 Å². The highest BCUT2D eigenvalue weighted by Gasteiger charge is 2.29. The van der Waals surface area contributed by atoms with Gasteiger partial charge >= 0.3 is 5.97 Å². The van der Waals surface area contributed by atoms with Gasteiger partial charge in [0.25, 0.3) is 0 Å². The van der Waals surface area contributed by atoms with E-state index in [0.29, 0.717) is 6.04 Å². The number of nitrogens with zero attached hydrogens (tertiary/aromatic N) is 2. The third-order valence-electron chi connectivity index (χ3n) is 3.57. The number of hydrogen-bond acceptors (Lipinski definition) is 3. The number of hydrogen-bond donors (Lipinski definition) is 1. The third kappa shape index (κ3) is 3.46. The van der Waals surface area contributed by atoms with Crippen molar-refractivity contribution in [3.05, 3.63) is 0 Å². The summed E-state index contributed by atoms with van der Waals surface area (Å²) in [5, 5.41) is 9.05. The molecule has 1 fully saturated rings. The zero-order valence-electron chi connectivity index (χ0n) is 10.9. The normalized spacial score (nSPS) is 24.6. The predicted octanol–water partition coefficient (Wildman–Crippen LogP) is 1.12. The van der Waals surface area contributed by atoms with E-state index in [4.69, 9.17) is 5.11 Å². The minimum Gasteiger partial charge on any atom is -0.481 e. The summed E-state index contributed by atoms with van der Waals surface area (Å²) in [5.74, 6) is -0.700. The Morgan fingerprint density at radius 1 is 1.44 bits per heavy atom. The Hall–Kier alpha value is -0.610. The molecule has 0 bridgehead atoms. The van der Waals surface area contributed by atoms with Gasteiger partial charge in [0.15, 0.2) is 0 Å². The number of likely N-dealkylation sites (N-methyl/N-ethyl adjacent to an activating group) is 1. The van der Waals surface area contributed by atoms with E-state index < -0.39 is 11.4 Å². The predicted molar refractivity (Wildman–Crippen MR) is 64.6 cm³/mol. The van der Waals surface area contributed by atoms with Crippen molar-refractivity contribution in [3.63, 3.8) is 0 Å². The van der Waals surface area contributed by atoms with Crippen LogP contribution < -0.4 is 0 Å². The van der Waals surface area contributed by atoms with Gasteiger partial charge in [0.05, 0.1) is 5.41 Å². The van der Waals surface area contributed by atoms with Gasteiger partial charge in [-0.05, 0) is 40.8 Å². The molecule has 4 nitrogen and oxygen atoms in total. The van der Waals surface area contributed by atoms with E-state index in [9.17, 15) is 4.79 Å². The molecule has 1 atom stereocenters. The van der Waals surface area contributed by atoms with Crippen LogP contribution in [0.3, 0.4) is 0 Å². The zero-order chi connectivity index (χ0) is 12.3. The maximum atomic E-state index is 11.0. The van der Waals surface area contributed by atoms with E-state index in [1.807, 2.05) is 0 Å². The first kappa shape index (κ1) is 13.5. The lowest BCUT2D eigenvalue weighted by Gasteiger charge is -2.39. The summed E-state index contributed by atoms with van der Waals surface area (Å²) in [6.07, 6.45) is 0.719. The van der Waals surface area contributed by atoms with Crippen molar-refractivity contribution >= 4 is 5.97 Å². The second kappa shape index (κ2) is 5.15. The van der Waals surface area contributed by atoms with E-state index in [2.05, 4.69) is 23.8 Å². The van der Waals surface area contributed by atoms with Crippen molar-refractivity contribution < 1.29 is 9.90 Å². The van der Waals surface area contributed by atoms with Crippen LogP contribution in [0.4, 0.5) is 0 Å². The molecule has 0 aromatic heterocycles. The number of carboxylic acid groups (broad SMARTS) is 1. The number of carbonyl (C=O) groups is 1. The van der Waals surface area contributed by atoms with E-state index in [1.165, 1.54) is 0 Å². The molecule has 0 radical (unpaired) electrons. The lowest BCUT2D eigenvalue weighted by atomic mass is 9.89. The minimum absolute atomic E-state index is 0.531. The third-order valence-corrected chi connectivity index (χ3v) is 3.57. The first-order chi connectivity index (χ1) is 7.33. The van der Waals surface area contributed by atoms with E-state index in [1.54, 1.807) is 13.8 Å². The van der Waals surface area contributed by atoms with Crippen molar-refractivity contribution in [2.24, 2.45) is 5.41 Å². The van der Waals surface area contributed by atoms with Crippen molar-refractivity contribution in [2.45, 2.75) is 33.2 Å². The van der Waals surface area contributed by atoms with Crippen LogP contribution >= 0.6 is 0 Å². The molecule has 1 aliphatic rings. The fourth-order valence-electron chi connectivity index (χ4n) is 2.04. The number of piperazine rings is 1. The fourth-order valence-corrected chi connectivity index (χ4v) is 2.04. The van der Waals surface area contributed by atoms with Crippen LogP contribution in [0.5, 0.6) is 0 Å². The van der Waals surface area contributed by atoms with Gasteiger partial charge in [0.2, 0.25) is 0 Å². The summed E-state index contributed by atoms with van der Waals surface area (Å²) >= 11 is 0. The molecule has 1 unspecified atom stereocenters. The largest absolute Gasteiger partial charge is 0.481 e. The van der Waals surface area contributed by atoms with Crippen molar-refractivity contribution in [2.75, 3.05) is 33.2 Å². The van der Waals surface area contributed by atoms with Crippen LogP contribution in [0.25, 0.3) is 0 Å². The molecule has 1 rings (SSSR count). The molecule has 0 saturated carbocycles. The summed E-state index contributed by atoms with van der Waals surface area (Å²) in [6, 6.07) is 0.531. The average Bonchev–Trinajstić information content (AvgIpc) is 2.16. The van der Waals surface area contributed by atoms with E-state index in [0.717, 1.165) is 32.6 Å². The summed E-state index contributed by atoms with van der Waals surface area (Å²) in [4.78, 5) is 15.7. The maximum absolute atomic E-state index is 11.0. The molecule has 0 aromatic carbocycles. The molecule has 16 heavy (non-hydrogen) atoms. The first-order valence-electron chi connectivity index (χ1n) is 5.99. The summed E-state index contributed by atoms with van der Waals surface area (Å²) in [7, 11) is 2.13. The molecule has 4 heteroatoms. The Morgan fingerprint density at radius 2 is 2.06 bits per heavy atom. The molecule has 0 amide bonds. The minimum atomic E-state index is -0.700. The van der Waals surface area contributed by atoms with Crippen LogP contribution in [0.1, 0.15) is 27.2 Å². The van der Waals surface area contributed by atoms with Crippen LogP contribution in [0.15, 0.2) is 0 Å². The Bertz CT molecular complexity index is 253. The average molecular weight is 228 g/mol. The highest BCUT2D eigenvalue weighted by Crippen LogP contribution is 2.22. The van der Waals surface area contributed by atoms with Crippen molar-refractivity contribution in [1.82, 2.24) is 9.80 Å². The Labute approximate surface area is 98.2 Å². The van der Waals surface area contributed by atoms with Crippen molar-refractivity contribution in [3.8, 4) is 0 Å². The second-order valence-corrected chi connectivity index (χ2v) is 5.59. The first-order valence-corrected chi connectivity index (χ1v) is 5.99. The van der Waals surface area contributed by atoms with Gasteiger partial charge in [-0.3, -0.25) is 9.69 Å². The topological polar surface area (TPSA) is 43.8 Å². The fraction of sp³-hybridized carbons (Fsp3) is 0.917. The summed E-state index contributed by atoms with van der Waals surface area (Å²) in [5.41, 5.74) is -0.608. The monoisotopic (exact) mass is 228 g/mol. The molecule has 0 spiro atoms. The van der Waals surface area contributed by atoms with E-state index >= 15 is 0 Å². The van der Waals surface area contributed by atoms with Gasteiger partial charge in [0.1, 0.15) is 0 Å². The van der Waals surface area contributed by atoms with Gasteiger partial charge in [0, 0.05) is 25.7 Å². The zero-order valence-corrected chi connectivity index (χ0v) is 10.9. The van der Waals surface area contributed by atoms with Gasteiger partial charge < -0.3 is 10.0 Å². The van der Waals surface area contributed by atoms with Gasteiger partial charge in [-0.15, -0.1) is 0 Å². The van der Waals surface area contributed by atoms with Gasteiger partial charge in [-0.1, -0.05) is 0 Å². The highest BCUT2D eigenvalue weighted by molar-refractivity contribution is 5.73. The van der Waals surface area contributed by atoms with Crippen molar-refractivity contribution in [1.29, 1.82) is 0 Å². The van der Waals surface area contributed by atoms with Crippen LogP contribution in [-0.2, 0) is 4.79 Å². The highest BCUT2D eigenvalue weighted by atomic mass is 16.4. The maximum Gasteiger partial charge on any atom is 0.309 e. The lowest BCUT2D eigenvalue weighted by molar-refractivity contribution is -0.147. The van der Waals surface area contributed by atoms with Gasteiger partial charge in [-0.2, -0.15) is 0 Å². The molecule has 1 heterocycles. The van der Waals surface area contributed by atoms with Crippen LogP contribution in [0, 0.1) is 5.41 Å². The molecule has 1 saturated heterocycles. The van der Waals surface area contributed by atoms with Crippen LogP contribution in [0.2, 0.25) is 0 Å². The summed E-state index contributed by atoms with van der Waals surface area (Å²) in [6.45, 7) is 9.91. The molecule has 0 aromatic rings. The Morgan fingerprint density at radius 3 is 2.56 bits per heavy atom. The Balaban J connectivity index is 2.41. The van der Waals surface area contributed by atoms with Crippen LogP contribution in [-0.4, -0.2) is 60.1 Å². The molecular weight excluding hydrogens is 204 g/mol. The second-order valence-electron chi connectivity index (χ2n) is 5.59. The molecule has 1 N–H and O–H groups in total. The lowest BCUT2D eigenvalue weighted by Crippen LogP contribution is -2.51. The number of carboxylic acids is 1. The quantitative estimate of drug-likeness (QED) is 0.783. The standard InChI is InChI=1S/C12H24N2O2/c1-10-9-13(4)7-8-14(10)6-5-12(2,3)11(15)16/h10H,5-9H2,1-4H3,(H,15,16).